The SMILES string of the molecule is CNc1nc(-c2ccc(F)c(Cl)c2)nc(-n2ccnc2)n1. The van der Waals surface area contributed by atoms with Crippen molar-refractivity contribution in [1.82, 2.24) is 24.5 Å². The molecule has 0 radical (unpaired) electrons. The van der Waals surface area contributed by atoms with Crippen LogP contribution in [0.2, 0.25) is 5.02 Å². The monoisotopic (exact) mass is 304 g/mol. The summed E-state index contributed by atoms with van der Waals surface area (Å²) in [6, 6.07) is 4.31. The maximum Gasteiger partial charge on any atom is 0.240 e. The molecule has 0 spiro atoms. The van der Waals surface area contributed by atoms with Gasteiger partial charge in [-0.25, -0.2) is 9.37 Å². The highest BCUT2D eigenvalue weighted by Crippen LogP contribution is 2.23. The Morgan fingerprint density at radius 3 is 2.76 bits per heavy atom. The summed E-state index contributed by atoms with van der Waals surface area (Å²) in [5, 5.41) is 2.88. The smallest absolute Gasteiger partial charge is 0.240 e. The van der Waals surface area contributed by atoms with Crippen molar-refractivity contribution >= 4 is 17.5 Å². The molecule has 2 aromatic heterocycles. The molecule has 0 aliphatic carbocycles. The van der Waals surface area contributed by atoms with Crippen molar-refractivity contribution in [2.75, 3.05) is 12.4 Å². The molecule has 0 saturated heterocycles. The van der Waals surface area contributed by atoms with E-state index < -0.39 is 5.82 Å². The number of nitrogens with one attached hydrogen (secondary N) is 1. The number of imidazole rings is 1. The Morgan fingerprint density at radius 2 is 2.10 bits per heavy atom. The van der Waals surface area contributed by atoms with E-state index in [1.165, 1.54) is 12.1 Å². The van der Waals surface area contributed by atoms with Crippen LogP contribution in [0.1, 0.15) is 0 Å². The summed E-state index contributed by atoms with van der Waals surface area (Å²) in [4.78, 5) is 16.8. The first kappa shape index (κ1) is 13.4. The fraction of sp³-hybridized carbons (Fsp3) is 0.0769. The third kappa shape index (κ3) is 2.68. The van der Waals surface area contributed by atoms with Crippen molar-refractivity contribution in [2.24, 2.45) is 0 Å². The molecule has 1 aromatic carbocycles. The van der Waals surface area contributed by atoms with Crippen molar-refractivity contribution in [1.29, 1.82) is 0 Å². The van der Waals surface area contributed by atoms with E-state index in [1.807, 2.05) is 0 Å². The molecule has 0 amide bonds. The highest BCUT2D eigenvalue weighted by Gasteiger charge is 2.11. The lowest BCUT2D eigenvalue weighted by molar-refractivity contribution is 0.628. The third-order valence-electron chi connectivity index (χ3n) is 2.76. The molecule has 0 unspecified atom stereocenters. The molecule has 1 N–H and O–H groups in total. The molecule has 0 bridgehead atoms. The zero-order valence-corrected chi connectivity index (χ0v) is 11.7. The first-order chi connectivity index (χ1) is 10.2. The number of benzene rings is 1. The second-order valence-corrected chi connectivity index (χ2v) is 4.54. The van der Waals surface area contributed by atoms with Gasteiger partial charge in [0.1, 0.15) is 12.1 Å². The third-order valence-corrected chi connectivity index (χ3v) is 3.05. The van der Waals surface area contributed by atoms with E-state index in [4.69, 9.17) is 11.6 Å². The van der Waals surface area contributed by atoms with E-state index in [2.05, 4.69) is 25.3 Å². The average Bonchev–Trinajstić information content (AvgIpc) is 3.04. The number of hydrogen-bond acceptors (Lipinski definition) is 5. The van der Waals surface area contributed by atoms with Gasteiger partial charge in [-0.3, -0.25) is 4.57 Å². The first-order valence-electron chi connectivity index (χ1n) is 6.05. The largest absolute Gasteiger partial charge is 0.357 e. The lowest BCUT2D eigenvalue weighted by Crippen LogP contribution is -2.06. The molecule has 0 saturated carbocycles. The zero-order valence-electron chi connectivity index (χ0n) is 11.0. The number of nitrogens with zero attached hydrogens (tertiary/aromatic N) is 5. The van der Waals surface area contributed by atoms with Crippen LogP contribution in [0.4, 0.5) is 10.3 Å². The van der Waals surface area contributed by atoms with E-state index in [0.29, 0.717) is 23.3 Å². The van der Waals surface area contributed by atoms with E-state index in [0.717, 1.165) is 0 Å². The fourth-order valence-corrected chi connectivity index (χ4v) is 1.91. The van der Waals surface area contributed by atoms with Crippen LogP contribution in [0, 0.1) is 5.82 Å². The van der Waals surface area contributed by atoms with Crippen molar-refractivity contribution in [3.8, 4) is 17.3 Å². The van der Waals surface area contributed by atoms with Gasteiger partial charge in [0.15, 0.2) is 5.82 Å². The predicted octanol–water partition coefficient (Wildman–Crippen LogP) is 2.56. The molecular weight excluding hydrogens is 295 g/mol. The van der Waals surface area contributed by atoms with Gasteiger partial charge in [0, 0.05) is 25.0 Å². The average molecular weight is 305 g/mol. The van der Waals surface area contributed by atoms with E-state index in [1.54, 1.807) is 36.4 Å². The summed E-state index contributed by atoms with van der Waals surface area (Å²) in [7, 11) is 1.70. The van der Waals surface area contributed by atoms with Gasteiger partial charge in [-0.15, -0.1) is 0 Å². The second kappa shape index (κ2) is 5.45. The van der Waals surface area contributed by atoms with Crippen LogP contribution in [-0.2, 0) is 0 Å². The quantitative estimate of drug-likeness (QED) is 0.805. The molecule has 6 nitrogen and oxygen atoms in total. The summed E-state index contributed by atoms with van der Waals surface area (Å²) in [6.45, 7) is 0. The minimum Gasteiger partial charge on any atom is -0.357 e. The maximum absolute atomic E-state index is 13.3. The van der Waals surface area contributed by atoms with Crippen LogP contribution < -0.4 is 5.32 Å². The van der Waals surface area contributed by atoms with Crippen molar-refractivity contribution in [3.05, 3.63) is 47.8 Å². The Balaban J connectivity index is 2.13. The molecule has 8 heteroatoms. The second-order valence-electron chi connectivity index (χ2n) is 4.13. The van der Waals surface area contributed by atoms with Crippen molar-refractivity contribution in [2.45, 2.75) is 0 Å². The molecule has 21 heavy (non-hydrogen) atoms. The Labute approximate surface area is 124 Å². The fourth-order valence-electron chi connectivity index (χ4n) is 1.73. The number of halogens is 2. The summed E-state index contributed by atoms with van der Waals surface area (Å²) < 4.78 is 14.9. The van der Waals surface area contributed by atoms with Gasteiger partial charge in [0.05, 0.1) is 5.02 Å². The normalized spacial score (nSPS) is 10.6. The Bertz CT molecular complexity index is 774. The number of aromatic nitrogens is 5. The minimum absolute atomic E-state index is 0.0168. The van der Waals surface area contributed by atoms with Gasteiger partial charge in [-0.1, -0.05) is 11.6 Å². The van der Waals surface area contributed by atoms with Gasteiger partial charge >= 0.3 is 0 Å². The lowest BCUT2D eigenvalue weighted by Gasteiger charge is -2.07. The number of anilines is 1. The molecule has 0 aliphatic rings. The number of rotatable bonds is 3. The maximum atomic E-state index is 13.3. The van der Waals surface area contributed by atoms with E-state index in [9.17, 15) is 4.39 Å². The van der Waals surface area contributed by atoms with Gasteiger partial charge in [0.25, 0.3) is 0 Å². The summed E-state index contributed by atoms with van der Waals surface area (Å²) >= 11 is 5.80. The Hall–Kier alpha value is -2.54. The molecular formula is C13H10ClFN6. The van der Waals surface area contributed by atoms with Crippen LogP contribution in [0.15, 0.2) is 36.9 Å². The minimum atomic E-state index is -0.488. The summed E-state index contributed by atoms with van der Waals surface area (Å²) in [5.41, 5.74) is 0.599. The molecule has 3 rings (SSSR count). The van der Waals surface area contributed by atoms with E-state index >= 15 is 0 Å². The van der Waals surface area contributed by atoms with Crippen LogP contribution in [-0.4, -0.2) is 31.6 Å². The van der Waals surface area contributed by atoms with Crippen LogP contribution in [0.3, 0.4) is 0 Å². The summed E-state index contributed by atoms with van der Waals surface area (Å²) in [5.74, 6) is 0.699. The zero-order chi connectivity index (χ0) is 14.8. The Kier molecular flexibility index (Phi) is 3.49. The molecule has 3 aromatic rings. The first-order valence-corrected chi connectivity index (χ1v) is 6.43. The molecule has 106 valence electrons. The highest BCUT2D eigenvalue weighted by atomic mass is 35.5. The molecule has 0 fully saturated rings. The lowest BCUT2D eigenvalue weighted by atomic mass is 10.2. The Morgan fingerprint density at radius 1 is 1.24 bits per heavy atom. The van der Waals surface area contributed by atoms with Gasteiger partial charge in [-0.2, -0.15) is 15.0 Å². The van der Waals surface area contributed by atoms with E-state index in [-0.39, 0.29) is 5.02 Å². The number of hydrogen-bond donors (Lipinski definition) is 1. The van der Waals surface area contributed by atoms with Crippen LogP contribution in [0.5, 0.6) is 0 Å². The van der Waals surface area contributed by atoms with Crippen LogP contribution in [0.25, 0.3) is 17.3 Å². The van der Waals surface area contributed by atoms with Crippen molar-refractivity contribution < 1.29 is 4.39 Å². The standard InChI is InChI=1S/C13H10ClFN6/c1-16-12-18-11(8-2-3-10(15)9(14)6-8)19-13(20-12)21-5-4-17-7-21/h2-7H,1H3,(H,16,18,19,20). The van der Waals surface area contributed by atoms with Gasteiger partial charge < -0.3 is 5.32 Å². The van der Waals surface area contributed by atoms with Gasteiger partial charge in [-0.05, 0) is 18.2 Å². The highest BCUT2D eigenvalue weighted by molar-refractivity contribution is 6.31. The summed E-state index contributed by atoms with van der Waals surface area (Å²) in [6.07, 6.45) is 4.92. The molecule has 0 aliphatic heterocycles. The van der Waals surface area contributed by atoms with Gasteiger partial charge in [0.2, 0.25) is 11.9 Å². The van der Waals surface area contributed by atoms with Crippen molar-refractivity contribution in [3.63, 3.8) is 0 Å². The molecule has 0 atom stereocenters. The predicted molar refractivity (Wildman–Crippen MR) is 76.9 cm³/mol. The molecule has 2 heterocycles. The van der Waals surface area contributed by atoms with Crippen LogP contribution >= 0.6 is 11.6 Å². The topological polar surface area (TPSA) is 68.5 Å².